The molecule has 1 aromatic heterocycles. The summed E-state index contributed by atoms with van der Waals surface area (Å²) in [6.45, 7) is 2.60. The number of hydrogen-bond acceptors (Lipinski definition) is 3. The van der Waals surface area contributed by atoms with Crippen molar-refractivity contribution in [2.75, 3.05) is 12.3 Å². The maximum Gasteiger partial charge on any atom is 0.251 e. The van der Waals surface area contributed by atoms with Crippen LogP contribution < -0.4 is 11.1 Å². The van der Waals surface area contributed by atoms with Gasteiger partial charge in [0.2, 0.25) is 0 Å². The third-order valence-electron chi connectivity index (χ3n) is 3.80. The summed E-state index contributed by atoms with van der Waals surface area (Å²) in [4.78, 5) is 16.1. The molecule has 1 aromatic rings. The van der Waals surface area contributed by atoms with Gasteiger partial charge in [-0.2, -0.15) is 0 Å². The fourth-order valence-electron chi connectivity index (χ4n) is 2.79. The van der Waals surface area contributed by atoms with Gasteiger partial charge in [0.05, 0.1) is 0 Å². The highest BCUT2D eigenvalue weighted by Crippen LogP contribution is 2.25. The van der Waals surface area contributed by atoms with Crippen LogP contribution in [0.2, 0.25) is 0 Å². The van der Waals surface area contributed by atoms with Crippen molar-refractivity contribution in [2.24, 2.45) is 5.92 Å². The van der Waals surface area contributed by atoms with E-state index in [1.165, 1.54) is 32.1 Å². The molecule has 0 aromatic carbocycles. The van der Waals surface area contributed by atoms with Crippen molar-refractivity contribution in [3.05, 3.63) is 23.4 Å². The summed E-state index contributed by atoms with van der Waals surface area (Å²) in [5.74, 6) is 1.14. The van der Waals surface area contributed by atoms with E-state index in [9.17, 15) is 4.79 Å². The Bertz CT molecular complexity index is 419. The molecule has 0 saturated heterocycles. The average Bonchev–Trinajstić information content (AvgIpc) is 2.38. The number of nitrogen functional groups attached to an aromatic ring is 1. The van der Waals surface area contributed by atoms with Crippen molar-refractivity contribution < 1.29 is 4.79 Å². The molecule has 3 N–H and O–H groups in total. The van der Waals surface area contributed by atoms with Crippen molar-refractivity contribution in [1.82, 2.24) is 10.3 Å². The van der Waals surface area contributed by atoms with Gasteiger partial charge in [-0.1, -0.05) is 32.1 Å². The summed E-state index contributed by atoms with van der Waals surface area (Å²) < 4.78 is 0. The molecule has 19 heavy (non-hydrogen) atoms. The molecule has 0 spiro atoms. The molecule has 0 radical (unpaired) electrons. The van der Waals surface area contributed by atoms with Crippen LogP contribution >= 0.6 is 0 Å². The van der Waals surface area contributed by atoms with E-state index in [1.807, 2.05) is 6.92 Å². The molecule has 1 amide bonds. The number of aromatic nitrogens is 1. The van der Waals surface area contributed by atoms with E-state index in [-0.39, 0.29) is 5.91 Å². The highest BCUT2D eigenvalue weighted by molar-refractivity contribution is 5.94. The van der Waals surface area contributed by atoms with Gasteiger partial charge in [-0.05, 0) is 31.4 Å². The van der Waals surface area contributed by atoms with E-state index >= 15 is 0 Å². The third kappa shape index (κ3) is 4.23. The Morgan fingerprint density at radius 3 is 2.79 bits per heavy atom. The molecule has 0 bridgehead atoms. The summed E-state index contributed by atoms with van der Waals surface area (Å²) in [5.41, 5.74) is 7.03. The van der Waals surface area contributed by atoms with Gasteiger partial charge in [0.25, 0.3) is 5.91 Å². The normalized spacial score (nSPS) is 16.3. The maximum absolute atomic E-state index is 12.0. The highest BCUT2D eigenvalue weighted by Gasteiger charge is 2.14. The zero-order chi connectivity index (χ0) is 13.7. The van der Waals surface area contributed by atoms with Crippen LogP contribution in [0.4, 0.5) is 5.82 Å². The zero-order valence-corrected chi connectivity index (χ0v) is 11.6. The van der Waals surface area contributed by atoms with Crippen LogP contribution in [-0.2, 0) is 0 Å². The van der Waals surface area contributed by atoms with Gasteiger partial charge >= 0.3 is 0 Å². The van der Waals surface area contributed by atoms with Gasteiger partial charge < -0.3 is 11.1 Å². The van der Waals surface area contributed by atoms with Crippen molar-refractivity contribution in [3.63, 3.8) is 0 Å². The van der Waals surface area contributed by atoms with Crippen LogP contribution in [0.3, 0.4) is 0 Å². The number of rotatable bonds is 4. The highest BCUT2D eigenvalue weighted by atomic mass is 16.1. The molecule has 0 atom stereocenters. The number of aryl methyl sites for hydroxylation is 1. The Balaban J connectivity index is 1.80. The van der Waals surface area contributed by atoms with Crippen LogP contribution in [0, 0.1) is 12.8 Å². The van der Waals surface area contributed by atoms with E-state index < -0.39 is 0 Å². The Hall–Kier alpha value is -1.58. The van der Waals surface area contributed by atoms with Crippen LogP contribution in [0.1, 0.15) is 54.6 Å². The van der Waals surface area contributed by atoms with Gasteiger partial charge in [-0.25, -0.2) is 4.98 Å². The SMILES string of the molecule is Cc1cc(C(=O)NCCC2CCCCC2)cc(N)n1. The summed E-state index contributed by atoms with van der Waals surface area (Å²) in [7, 11) is 0. The lowest BCUT2D eigenvalue weighted by molar-refractivity contribution is 0.0950. The number of amides is 1. The summed E-state index contributed by atoms with van der Waals surface area (Å²) in [6.07, 6.45) is 7.79. The van der Waals surface area contributed by atoms with Crippen LogP contribution in [-0.4, -0.2) is 17.4 Å². The molecule has 1 heterocycles. The molecule has 1 aliphatic carbocycles. The molecule has 0 unspecified atom stereocenters. The van der Waals surface area contributed by atoms with Crippen LogP contribution in [0.5, 0.6) is 0 Å². The molecule has 4 heteroatoms. The van der Waals surface area contributed by atoms with E-state index in [4.69, 9.17) is 5.73 Å². The standard InChI is InChI=1S/C15H23N3O/c1-11-9-13(10-14(16)18-11)15(19)17-8-7-12-5-3-2-4-6-12/h9-10,12H,2-8H2,1H3,(H2,16,18)(H,17,19). The van der Waals surface area contributed by atoms with Crippen molar-refractivity contribution >= 4 is 11.7 Å². The lowest BCUT2D eigenvalue weighted by Crippen LogP contribution is -2.26. The first-order valence-corrected chi connectivity index (χ1v) is 7.17. The summed E-state index contributed by atoms with van der Waals surface area (Å²) in [5, 5.41) is 2.98. The molecule has 2 rings (SSSR count). The van der Waals surface area contributed by atoms with Crippen molar-refractivity contribution in [2.45, 2.75) is 45.4 Å². The van der Waals surface area contributed by atoms with E-state index in [2.05, 4.69) is 10.3 Å². The molecular weight excluding hydrogens is 238 g/mol. The molecule has 1 fully saturated rings. The van der Waals surface area contributed by atoms with Crippen LogP contribution in [0.15, 0.2) is 12.1 Å². The largest absolute Gasteiger partial charge is 0.384 e. The maximum atomic E-state index is 12.0. The lowest BCUT2D eigenvalue weighted by Gasteiger charge is -2.21. The second kappa shape index (κ2) is 6.55. The summed E-state index contributed by atoms with van der Waals surface area (Å²) in [6, 6.07) is 3.40. The van der Waals surface area contributed by atoms with E-state index in [1.54, 1.807) is 12.1 Å². The predicted molar refractivity (Wildman–Crippen MR) is 76.9 cm³/mol. The minimum atomic E-state index is -0.0481. The molecule has 4 nitrogen and oxygen atoms in total. The summed E-state index contributed by atoms with van der Waals surface area (Å²) >= 11 is 0. The number of nitrogens with two attached hydrogens (primary N) is 1. The monoisotopic (exact) mass is 261 g/mol. The number of pyridine rings is 1. The fraction of sp³-hybridized carbons (Fsp3) is 0.600. The predicted octanol–water partition coefficient (Wildman–Crippen LogP) is 2.67. The lowest BCUT2D eigenvalue weighted by atomic mass is 9.87. The first-order chi connectivity index (χ1) is 9.15. The quantitative estimate of drug-likeness (QED) is 0.875. The molecule has 1 aliphatic rings. The number of anilines is 1. The zero-order valence-electron chi connectivity index (χ0n) is 11.6. The number of nitrogens with zero attached hydrogens (tertiary/aromatic N) is 1. The molecule has 0 aliphatic heterocycles. The smallest absolute Gasteiger partial charge is 0.251 e. The fourth-order valence-corrected chi connectivity index (χ4v) is 2.79. The minimum absolute atomic E-state index is 0.0481. The Morgan fingerprint density at radius 1 is 1.37 bits per heavy atom. The topological polar surface area (TPSA) is 68.0 Å². The first kappa shape index (κ1) is 13.8. The third-order valence-corrected chi connectivity index (χ3v) is 3.80. The second-order valence-electron chi connectivity index (χ2n) is 5.47. The van der Waals surface area contributed by atoms with Gasteiger partial charge in [0.1, 0.15) is 5.82 Å². The molecule has 1 saturated carbocycles. The minimum Gasteiger partial charge on any atom is -0.384 e. The van der Waals surface area contributed by atoms with Crippen molar-refractivity contribution in [1.29, 1.82) is 0 Å². The number of carbonyl (C=O) groups is 1. The average molecular weight is 261 g/mol. The Labute approximate surface area is 114 Å². The Kier molecular flexibility index (Phi) is 4.77. The van der Waals surface area contributed by atoms with Gasteiger partial charge in [0, 0.05) is 17.8 Å². The van der Waals surface area contributed by atoms with Gasteiger partial charge in [-0.15, -0.1) is 0 Å². The Morgan fingerprint density at radius 2 is 2.11 bits per heavy atom. The van der Waals surface area contributed by atoms with Crippen LogP contribution in [0.25, 0.3) is 0 Å². The molecule has 104 valence electrons. The number of carbonyl (C=O) groups excluding carboxylic acids is 1. The second-order valence-corrected chi connectivity index (χ2v) is 5.47. The van der Waals surface area contributed by atoms with E-state index in [0.717, 1.165) is 24.6 Å². The first-order valence-electron chi connectivity index (χ1n) is 7.17. The number of nitrogens with one attached hydrogen (secondary N) is 1. The van der Waals surface area contributed by atoms with Gasteiger partial charge in [-0.3, -0.25) is 4.79 Å². The van der Waals surface area contributed by atoms with E-state index in [0.29, 0.717) is 11.4 Å². The molecular formula is C15H23N3O. The van der Waals surface area contributed by atoms with Crippen molar-refractivity contribution in [3.8, 4) is 0 Å². The number of hydrogen-bond donors (Lipinski definition) is 2. The van der Waals surface area contributed by atoms with Gasteiger partial charge in [0.15, 0.2) is 0 Å².